The van der Waals surface area contributed by atoms with Crippen molar-refractivity contribution >= 4 is 25.3 Å². The highest BCUT2D eigenvalue weighted by Gasteiger charge is 2.20. The molecule has 0 atom stereocenters. The van der Waals surface area contributed by atoms with Crippen molar-refractivity contribution in [3.63, 3.8) is 0 Å². The lowest BCUT2D eigenvalue weighted by molar-refractivity contribution is 0.189. The van der Waals surface area contributed by atoms with E-state index in [1.165, 1.54) is 96.4 Å². The standard InChI is InChI=1S/C28H60N2S2/c1-6-7-8-9-10-11-12-13-14-15-16-17-18-19-21-30(24-28(4,5)26-32)22-20-29-23-27(2,3)25-31/h29,31-32H,6-26H2,1-5H3. The lowest BCUT2D eigenvalue weighted by atomic mass is 9.95. The molecular weight excluding hydrogens is 428 g/mol. The zero-order valence-corrected chi connectivity index (χ0v) is 24.5. The molecule has 0 aromatic rings. The first-order chi connectivity index (χ1) is 15.3. The number of thiol groups is 2. The van der Waals surface area contributed by atoms with Gasteiger partial charge in [0.15, 0.2) is 0 Å². The van der Waals surface area contributed by atoms with E-state index in [4.69, 9.17) is 0 Å². The van der Waals surface area contributed by atoms with Gasteiger partial charge < -0.3 is 10.2 Å². The Morgan fingerprint density at radius 2 is 1.03 bits per heavy atom. The first-order valence-corrected chi connectivity index (χ1v) is 15.2. The molecule has 0 aliphatic carbocycles. The van der Waals surface area contributed by atoms with Crippen molar-refractivity contribution in [3.8, 4) is 0 Å². The van der Waals surface area contributed by atoms with Gasteiger partial charge in [0.1, 0.15) is 0 Å². The van der Waals surface area contributed by atoms with Crippen LogP contribution < -0.4 is 5.32 Å². The second-order valence-electron chi connectivity index (χ2n) is 11.7. The molecule has 4 heteroatoms. The molecule has 0 fully saturated rings. The predicted octanol–water partition coefficient (Wildman–Crippen LogP) is 8.27. The quantitative estimate of drug-likeness (QED) is 0.0935. The van der Waals surface area contributed by atoms with Crippen molar-refractivity contribution in [2.75, 3.05) is 44.2 Å². The molecule has 0 spiro atoms. The highest BCUT2D eigenvalue weighted by Crippen LogP contribution is 2.19. The SMILES string of the molecule is CCCCCCCCCCCCCCCCN(CCNCC(C)(C)CS)CC(C)(C)CS. The molecule has 194 valence electrons. The molecule has 0 aromatic heterocycles. The van der Waals surface area contributed by atoms with E-state index in [2.05, 4.69) is 70.1 Å². The minimum Gasteiger partial charge on any atom is -0.315 e. The molecule has 0 aliphatic heterocycles. The molecule has 0 aromatic carbocycles. The zero-order valence-electron chi connectivity index (χ0n) is 22.7. The van der Waals surface area contributed by atoms with E-state index in [9.17, 15) is 0 Å². The summed E-state index contributed by atoms with van der Waals surface area (Å²) in [5.41, 5.74) is 0.552. The molecule has 0 saturated carbocycles. The van der Waals surface area contributed by atoms with Crippen LogP contribution in [0, 0.1) is 10.8 Å². The average Bonchev–Trinajstić information content (AvgIpc) is 2.76. The maximum absolute atomic E-state index is 4.58. The third-order valence-electron chi connectivity index (χ3n) is 6.54. The van der Waals surface area contributed by atoms with Gasteiger partial charge in [0.05, 0.1) is 0 Å². The minimum absolute atomic E-state index is 0.271. The Morgan fingerprint density at radius 3 is 1.47 bits per heavy atom. The number of hydrogen-bond donors (Lipinski definition) is 3. The van der Waals surface area contributed by atoms with Crippen LogP contribution >= 0.6 is 25.3 Å². The third-order valence-corrected chi connectivity index (χ3v) is 8.26. The van der Waals surface area contributed by atoms with E-state index in [1.54, 1.807) is 0 Å². The van der Waals surface area contributed by atoms with Gasteiger partial charge in [-0.3, -0.25) is 0 Å². The summed E-state index contributed by atoms with van der Waals surface area (Å²) in [6.07, 6.45) is 20.0. The summed E-state index contributed by atoms with van der Waals surface area (Å²) in [4.78, 5) is 2.66. The van der Waals surface area contributed by atoms with Gasteiger partial charge in [0, 0.05) is 26.2 Å². The van der Waals surface area contributed by atoms with Gasteiger partial charge in [-0.05, 0) is 35.3 Å². The second kappa shape index (κ2) is 20.9. The Labute approximate surface area is 214 Å². The molecular formula is C28H60N2S2. The van der Waals surface area contributed by atoms with Crippen molar-refractivity contribution < 1.29 is 0 Å². The fourth-order valence-corrected chi connectivity index (χ4v) is 4.39. The fraction of sp³-hybridized carbons (Fsp3) is 1.00. The molecule has 0 saturated heterocycles. The summed E-state index contributed by atoms with van der Waals surface area (Å²) in [7, 11) is 0. The lowest BCUT2D eigenvalue weighted by Crippen LogP contribution is -2.41. The Balaban J connectivity index is 3.83. The monoisotopic (exact) mass is 488 g/mol. The van der Waals surface area contributed by atoms with Gasteiger partial charge in [0.25, 0.3) is 0 Å². The summed E-state index contributed by atoms with van der Waals surface area (Å²) in [5, 5.41) is 3.65. The van der Waals surface area contributed by atoms with Crippen molar-refractivity contribution in [1.29, 1.82) is 0 Å². The smallest absolute Gasteiger partial charge is 0.0107 e. The molecule has 0 amide bonds. The molecule has 0 radical (unpaired) electrons. The third kappa shape index (κ3) is 21.2. The Morgan fingerprint density at radius 1 is 0.594 bits per heavy atom. The molecule has 1 N–H and O–H groups in total. The molecule has 0 rings (SSSR count). The Bertz CT molecular complexity index is 399. The van der Waals surface area contributed by atoms with Crippen LogP contribution in [0.5, 0.6) is 0 Å². The molecule has 0 bridgehead atoms. The maximum Gasteiger partial charge on any atom is 0.0107 e. The van der Waals surface area contributed by atoms with Crippen LogP contribution in [0.4, 0.5) is 0 Å². The molecule has 0 heterocycles. The Hall–Kier alpha value is 0.620. The van der Waals surface area contributed by atoms with Gasteiger partial charge in [-0.15, -0.1) is 0 Å². The van der Waals surface area contributed by atoms with Crippen molar-refractivity contribution in [2.45, 2.75) is 125 Å². The molecule has 32 heavy (non-hydrogen) atoms. The van der Waals surface area contributed by atoms with Gasteiger partial charge in [0.2, 0.25) is 0 Å². The summed E-state index contributed by atoms with van der Waals surface area (Å²) < 4.78 is 0. The van der Waals surface area contributed by atoms with E-state index in [-0.39, 0.29) is 10.8 Å². The van der Waals surface area contributed by atoms with Gasteiger partial charge in [-0.2, -0.15) is 25.3 Å². The van der Waals surface area contributed by atoms with Crippen molar-refractivity contribution in [2.24, 2.45) is 10.8 Å². The average molecular weight is 489 g/mol. The molecule has 0 unspecified atom stereocenters. The van der Waals surface area contributed by atoms with Gasteiger partial charge >= 0.3 is 0 Å². The summed E-state index contributed by atoms with van der Waals surface area (Å²) in [5.74, 6) is 1.87. The second-order valence-corrected chi connectivity index (χ2v) is 12.3. The van der Waals surface area contributed by atoms with Crippen LogP contribution in [-0.2, 0) is 0 Å². The van der Waals surface area contributed by atoms with Crippen LogP contribution in [-0.4, -0.2) is 49.1 Å². The van der Waals surface area contributed by atoms with Crippen molar-refractivity contribution in [1.82, 2.24) is 10.2 Å². The van der Waals surface area contributed by atoms with Crippen LogP contribution in [0.3, 0.4) is 0 Å². The van der Waals surface area contributed by atoms with Gasteiger partial charge in [-0.25, -0.2) is 0 Å². The largest absolute Gasteiger partial charge is 0.315 e. The maximum atomic E-state index is 4.58. The van der Waals surface area contributed by atoms with Crippen LogP contribution in [0.25, 0.3) is 0 Å². The Kier molecular flexibility index (Phi) is 21.4. The summed E-state index contributed by atoms with van der Waals surface area (Å²) >= 11 is 9.05. The fourth-order valence-electron chi connectivity index (χ4n) is 4.18. The normalized spacial score (nSPS) is 12.8. The number of nitrogens with one attached hydrogen (secondary N) is 1. The summed E-state index contributed by atoms with van der Waals surface area (Å²) in [6.45, 7) is 17.2. The molecule has 2 nitrogen and oxygen atoms in total. The number of nitrogens with zero attached hydrogens (tertiary/aromatic N) is 1. The van der Waals surface area contributed by atoms with E-state index in [0.29, 0.717) is 0 Å². The predicted molar refractivity (Wildman–Crippen MR) is 155 cm³/mol. The summed E-state index contributed by atoms with van der Waals surface area (Å²) in [6, 6.07) is 0. The highest BCUT2D eigenvalue weighted by molar-refractivity contribution is 7.80. The lowest BCUT2D eigenvalue weighted by Gasteiger charge is -2.32. The van der Waals surface area contributed by atoms with E-state index < -0.39 is 0 Å². The zero-order chi connectivity index (χ0) is 24.1. The minimum atomic E-state index is 0.271. The topological polar surface area (TPSA) is 15.3 Å². The van der Waals surface area contributed by atoms with Crippen LogP contribution in [0.15, 0.2) is 0 Å². The number of rotatable bonds is 24. The van der Waals surface area contributed by atoms with Gasteiger partial charge in [-0.1, -0.05) is 118 Å². The van der Waals surface area contributed by atoms with Crippen LogP contribution in [0.2, 0.25) is 0 Å². The number of hydrogen-bond acceptors (Lipinski definition) is 4. The van der Waals surface area contributed by atoms with E-state index in [0.717, 1.165) is 37.7 Å². The highest BCUT2D eigenvalue weighted by atomic mass is 32.1. The molecule has 0 aliphatic rings. The first-order valence-electron chi connectivity index (χ1n) is 13.9. The first kappa shape index (κ1) is 32.6. The van der Waals surface area contributed by atoms with Crippen molar-refractivity contribution in [3.05, 3.63) is 0 Å². The number of unbranched alkanes of at least 4 members (excludes halogenated alkanes) is 13. The van der Waals surface area contributed by atoms with Crippen LogP contribution in [0.1, 0.15) is 125 Å². The van der Waals surface area contributed by atoms with E-state index in [1.807, 2.05) is 0 Å². The van der Waals surface area contributed by atoms with E-state index >= 15 is 0 Å².